The number of rotatable bonds is 8. The van der Waals surface area contributed by atoms with Crippen molar-refractivity contribution >= 4 is 23.5 Å². The van der Waals surface area contributed by atoms with E-state index in [1.807, 2.05) is 51.9 Å². The molecule has 1 aliphatic rings. The summed E-state index contributed by atoms with van der Waals surface area (Å²) in [5.41, 5.74) is 2.93. The average Bonchev–Trinajstić information content (AvgIpc) is 3.65. The molecule has 172 valence electrons. The minimum Gasteiger partial charge on any atom is -0.356 e. The number of ketones is 1. The molecule has 0 unspecified atom stereocenters. The highest BCUT2D eigenvalue weighted by molar-refractivity contribution is 7.99. The van der Waals surface area contributed by atoms with Gasteiger partial charge in [-0.05, 0) is 36.6 Å². The van der Waals surface area contributed by atoms with Crippen molar-refractivity contribution in [3.8, 4) is 11.4 Å². The Morgan fingerprint density at radius 2 is 1.85 bits per heavy atom. The first-order chi connectivity index (χ1) is 16.7. The number of benzene rings is 1. The number of H-pyrrole nitrogens is 1. The zero-order valence-electron chi connectivity index (χ0n) is 18.6. The van der Waals surface area contributed by atoms with E-state index in [1.54, 1.807) is 24.7 Å². The molecule has 9 heteroatoms. The number of likely N-dealkylation sites (tertiary alicyclic amines) is 1. The summed E-state index contributed by atoms with van der Waals surface area (Å²) in [5.74, 6) is 0.772. The molecular weight excluding hydrogens is 448 g/mol. The van der Waals surface area contributed by atoms with Crippen LogP contribution in [-0.4, -0.2) is 60.2 Å². The number of aromatic nitrogens is 5. The van der Waals surface area contributed by atoms with Gasteiger partial charge in [0.1, 0.15) is 5.69 Å². The highest BCUT2D eigenvalue weighted by Crippen LogP contribution is 2.25. The van der Waals surface area contributed by atoms with Gasteiger partial charge >= 0.3 is 0 Å². The molecule has 1 fully saturated rings. The summed E-state index contributed by atoms with van der Waals surface area (Å²) < 4.78 is 2.00. The molecule has 8 nitrogen and oxygen atoms in total. The van der Waals surface area contributed by atoms with E-state index < -0.39 is 0 Å². The number of carbonyl (C=O) groups is 2. The first-order valence-corrected chi connectivity index (χ1v) is 12.2. The number of pyridine rings is 1. The molecule has 5 rings (SSSR count). The second kappa shape index (κ2) is 10.0. The molecule has 0 radical (unpaired) electrons. The lowest BCUT2D eigenvalue weighted by Crippen LogP contribution is -2.27. The second-order valence-electron chi connectivity index (χ2n) is 8.13. The fourth-order valence-corrected chi connectivity index (χ4v) is 4.83. The molecular formula is C25H24N6O2S. The molecule has 4 heterocycles. The summed E-state index contributed by atoms with van der Waals surface area (Å²) in [6, 6.07) is 15.5. The van der Waals surface area contributed by atoms with Crippen LogP contribution in [0.1, 0.15) is 39.3 Å². The Bertz CT molecular complexity index is 1280. The van der Waals surface area contributed by atoms with Crippen LogP contribution in [0.5, 0.6) is 0 Å². The van der Waals surface area contributed by atoms with Crippen LogP contribution < -0.4 is 0 Å². The molecule has 0 spiro atoms. The van der Waals surface area contributed by atoms with E-state index in [9.17, 15) is 9.59 Å². The van der Waals surface area contributed by atoms with Gasteiger partial charge in [-0.2, -0.15) is 0 Å². The zero-order chi connectivity index (χ0) is 23.3. The van der Waals surface area contributed by atoms with Gasteiger partial charge in [0.25, 0.3) is 5.91 Å². The molecule has 0 saturated carbocycles. The van der Waals surface area contributed by atoms with Crippen molar-refractivity contribution in [2.45, 2.75) is 24.5 Å². The Hall–Kier alpha value is -3.72. The van der Waals surface area contributed by atoms with Gasteiger partial charge in [0.2, 0.25) is 0 Å². The third-order valence-corrected chi connectivity index (χ3v) is 6.75. The third kappa shape index (κ3) is 4.79. The van der Waals surface area contributed by atoms with Gasteiger partial charge in [-0.15, -0.1) is 10.2 Å². The minimum atomic E-state index is -0.0705. The number of aromatic amines is 1. The number of amides is 1. The molecule has 1 aliphatic heterocycles. The van der Waals surface area contributed by atoms with Gasteiger partial charge in [0.05, 0.1) is 12.3 Å². The van der Waals surface area contributed by atoms with Gasteiger partial charge in [-0.3, -0.25) is 19.1 Å². The largest absolute Gasteiger partial charge is 0.356 e. The van der Waals surface area contributed by atoms with Gasteiger partial charge in [-0.1, -0.05) is 42.1 Å². The van der Waals surface area contributed by atoms with Crippen LogP contribution in [0.15, 0.2) is 72.3 Å². The highest BCUT2D eigenvalue weighted by atomic mass is 32.2. The van der Waals surface area contributed by atoms with Crippen molar-refractivity contribution < 1.29 is 9.59 Å². The lowest BCUT2D eigenvalue weighted by Gasteiger charge is -2.13. The molecule has 3 aromatic heterocycles. The summed E-state index contributed by atoms with van der Waals surface area (Å²) in [6.07, 6.45) is 7.14. The van der Waals surface area contributed by atoms with Crippen LogP contribution in [0.25, 0.3) is 11.4 Å². The van der Waals surface area contributed by atoms with Gasteiger partial charge < -0.3 is 9.88 Å². The maximum absolute atomic E-state index is 12.9. The van der Waals surface area contributed by atoms with Crippen molar-refractivity contribution in [2.24, 2.45) is 0 Å². The molecule has 0 bridgehead atoms. The number of hydrogen-bond acceptors (Lipinski definition) is 6. The number of thioether (sulfide) groups is 1. The Balaban J connectivity index is 1.33. The summed E-state index contributed by atoms with van der Waals surface area (Å²) >= 11 is 1.34. The molecule has 0 aliphatic carbocycles. The van der Waals surface area contributed by atoms with E-state index in [4.69, 9.17) is 0 Å². The van der Waals surface area contributed by atoms with Crippen LogP contribution in [0.3, 0.4) is 0 Å². The zero-order valence-corrected chi connectivity index (χ0v) is 19.4. The molecule has 1 saturated heterocycles. The molecule has 1 N–H and O–H groups in total. The minimum absolute atomic E-state index is 0.0482. The quantitative estimate of drug-likeness (QED) is 0.308. The monoisotopic (exact) mass is 472 g/mol. The number of carbonyl (C=O) groups excluding carboxylic acids is 2. The smallest absolute Gasteiger partial charge is 0.270 e. The Labute approximate surface area is 201 Å². The van der Waals surface area contributed by atoms with E-state index in [0.29, 0.717) is 28.8 Å². The van der Waals surface area contributed by atoms with E-state index >= 15 is 0 Å². The highest BCUT2D eigenvalue weighted by Gasteiger charge is 2.22. The van der Waals surface area contributed by atoms with E-state index in [-0.39, 0.29) is 17.4 Å². The molecule has 1 amide bonds. The predicted molar refractivity (Wildman–Crippen MR) is 130 cm³/mol. The van der Waals surface area contributed by atoms with Crippen molar-refractivity contribution in [2.75, 3.05) is 18.8 Å². The third-order valence-electron chi connectivity index (χ3n) is 5.78. The second-order valence-corrected chi connectivity index (χ2v) is 9.08. The van der Waals surface area contributed by atoms with Crippen LogP contribution in [-0.2, 0) is 6.54 Å². The van der Waals surface area contributed by atoms with Crippen molar-refractivity contribution in [3.63, 3.8) is 0 Å². The Kier molecular flexibility index (Phi) is 6.53. The normalized spacial score (nSPS) is 13.4. The summed E-state index contributed by atoms with van der Waals surface area (Å²) in [4.78, 5) is 34.4. The average molecular weight is 473 g/mol. The summed E-state index contributed by atoms with van der Waals surface area (Å²) in [7, 11) is 0. The van der Waals surface area contributed by atoms with Crippen LogP contribution in [0.2, 0.25) is 0 Å². The Morgan fingerprint density at radius 3 is 2.62 bits per heavy atom. The van der Waals surface area contributed by atoms with Crippen molar-refractivity contribution in [1.29, 1.82) is 0 Å². The SMILES string of the molecule is O=C(CSc1nnc(-c2cccnc2)n1Cc1ccccc1)c1c[nH]c(C(=O)N2CCCC2)c1. The maximum Gasteiger partial charge on any atom is 0.270 e. The maximum atomic E-state index is 12.9. The number of Topliss-reactive ketones (excluding diaryl/α,β-unsaturated/α-hetero) is 1. The number of nitrogens with one attached hydrogen (secondary N) is 1. The molecule has 0 atom stereocenters. The fourth-order valence-electron chi connectivity index (χ4n) is 4.00. The van der Waals surface area contributed by atoms with Gasteiger partial charge in [0, 0.05) is 42.8 Å². The molecule has 34 heavy (non-hydrogen) atoms. The van der Waals surface area contributed by atoms with E-state index in [1.165, 1.54) is 11.8 Å². The van der Waals surface area contributed by atoms with Crippen LogP contribution >= 0.6 is 11.8 Å². The fraction of sp³-hybridized carbons (Fsp3) is 0.240. The van der Waals surface area contributed by atoms with Gasteiger partial charge in [0.15, 0.2) is 16.8 Å². The summed E-state index contributed by atoms with van der Waals surface area (Å²) in [5, 5.41) is 9.41. The lowest BCUT2D eigenvalue weighted by atomic mass is 10.2. The van der Waals surface area contributed by atoms with Crippen molar-refractivity contribution in [3.05, 3.63) is 83.9 Å². The first kappa shape index (κ1) is 22.1. The van der Waals surface area contributed by atoms with Gasteiger partial charge in [-0.25, -0.2) is 0 Å². The van der Waals surface area contributed by atoms with Crippen molar-refractivity contribution in [1.82, 2.24) is 29.6 Å². The standard InChI is InChI=1S/C25H24N6O2S/c32-22(20-13-21(27-15-20)24(33)30-11-4-5-12-30)17-34-25-29-28-23(19-9-6-10-26-14-19)31(25)16-18-7-2-1-3-8-18/h1-3,6-10,13-15,27H,4-5,11-12,16-17H2. The lowest BCUT2D eigenvalue weighted by molar-refractivity contribution is 0.0787. The number of hydrogen-bond donors (Lipinski definition) is 1. The topological polar surface area (TPSA) is 96.8 Å². The predicted octanol–water partition coefficient (Wildman–Crippen LogP) is 3.93. The Morgan fingerprint density at radius 1 is 1.03 bits per heavy atom. The molecule has 4 aromatic rings. The van der Waals surface area contributed by atoms with Crippen LogP contribution in [0.4, 0.5) is 0 Å². The summed E-state index contributed by atoms with van der Waals surface area (Å²) in [6.45, 7) is 2.12. The van der Waals surface area contributed by atoms with E-state index in [0.717, 1.165) is 37.1 Å². The number of nitrogens with zero attached hydrogens (tertiary/aromatic N) is 5. The van der Waals surface area contributed by atoms with E-state index in [2.05, 4.69) is 20.2 Å². The van der Waals surface area contributed by atoms with Crippen LogP contribution in [0, 0.1) is 0 Å². The molecule has 1 aromatic carbocycles. The first-order valence-electron chi connectivity index (χ1n) is 11.2.